The maximum atomic E-state index is 12.9. The molecule has 0 bridgehead atoms. The van der Waals surface area contributed by atoms with Crippen LogP contribution in [0.25, 0.3) is 0 Å². The van der Waals surface area contributed by atoms with Gasteiger partial charge in [-0.3, -0.25) is 9.48 Å². The number of carboxylic acid groups (broad SMARTS) is 1. The van der Waals surface area contributed by atoms with Gasteiger partial charge in [-0.25, -0.2) is 9.78 Å². The number of aromatic nitrogens is 4. The van der Waals surface area contributed by atoms with Crippen molar-refractivity contribution in [3.63, 3.8) is 0 Å². The van der Waals surface area contributed by atoms with Crippen LogP contribution in [0.15, 0.2) is 43.0 Å². The molecule has 1 aliphatic rings. The molecule has 0 atom stereocenters. The first kappa shape index (κ1) is 22.1. The Kier molecular flexibility index (Phi) is 6.14. The zero-order valence-electron chi connectivity index (χ0n) is 16.8. The molecule has 3 heterocycles. The van der Waals surface area contributed by atoms with E-state index in [-0.39, 0.29) is 5.91 Å². The second-order valence-corrected chi connectivity index (χ2v) is 7.01. The molecule has 1 N–H and O–H groups in total. The van der Waals surface area contributed by atoms with Crippen molar-refractivity contribution >= 4 is 11.9 Å². The highest BCUT2D eigenvalue weighted by Gasteiger charge is 2.38. The van der Waals surface area contributed by atoms with E-state index in [1.165, 1.54) is 0 Å². The molecule has 0 unspecified atom stereocenters. The molecule has 1 aromatic carbocycles. The minimum atomic E-state index is -5.08. The van der Waals surface area contributed by atoms with Crippen LogP contribution >= 0.6 is 0 Å². The number of hydrogen-bond acceptors (Lipinski definition) is 4. The van der Waals surface area contributed by atoms with Gasteiger partial charge in [-0.15, -0.1) is 0 Å². The molecule has 1 amide bonds. The molecule has 8 nitrogen and oxygen atoms in total. The van der Waals surface area contributed by atoms with Gasteiger partial charge in [0.25, 0.3) is 5.91 Å². The lowest BCUT2D eigenvalue weighted by Gasteiger charge is -2.17. The number of hydrogen-bond donors (Lipinski definition) is 1. The number of amides is 1. The van der Waals surface area contributed by atoms with E-state index in [1.54, 1.807) is 12.5 Å². The van der Waals surface area contributed by atoms with Crippen LogP contribution in [-0.2, 0) is 31.5 Å². The van der Waals surface area contributed by atoms with Crippen LogP contribution in [-0.4, -0.2) is 47.4 Å². The number of fused-ring (bicyclic) bond motifs is 1. The fourth-order valence-electron chi connectivity index (χ4n) is 3.28. The van der Waals surface area contributed by atoms with Crippen molar-refractivity contribution in [2.24, 2.45) is 7.05 Å². The van der Waals surface area contributed by atoms with Crippen molar-refractivity contribution in [1.82, 2.24) is 24.2 Å². The van der Waals surface area contributed by atoms with Crippen molar-refractivity contribution in [3.05, 3.63) is 71.1 Å². The largest absolute Gasteiger partial charge is 0.490 e. The van der Waals surface area contributed by atoms with Crippen molar-refractivity contribution in [3.8, 4) is 0 Å². The smallest absolute Gasteiger partial charge is 0.475 e. The molecular formula is C20H20F3N5O3. The maximum Gasteiger partial charge on any atom is 0.490 e. The van der Waals surface area contributed by atoms with Crippen LogP contribution in [0.3, 0.4) is 0 Å². The molecule has 3 aromatic rings. The summed E-state index contributed by atoms with van der Waals surface area (Å²) in [6, 6.07) is 7.74. The summed E-state index contributed by atoms with van der Waals surface area (Å²) >= 11 is 0. The summed E-state index contributed by atoms with van der Waals surface area (Å²) in [5, 5.41) is 11.7. The number of halogens is 3. The number of carboxylic acids is 1. The highest BCUT2D eigenvalue weighted by Crippen LogP contribution is 2.28. The first-order chi connectivity index (χ1) is 14.6. The Labute approximate surface area is 175 Å². The quantitative estimate of drug-likeness (QED) is 0.683. The van der Waals surface area contributed by atoms with Gasteiger partial charge in [0.15, 0.2) is 0 Å². The zero-order valence-corrected chi connectivity index (χ0v) is 16.8. The molecule has 0 aliphatic carbocycles. The average molecular weight is 435 g/mol. The second-order valence-electron chi connectivity index (χ2n) is 7.01. The van der Waals surface area contributed by atoms with Gasteiger partial charge < -0.3 is 14.6 Å². The number of carbonyl (C=O) groups is 2. The highest BCUT2D eigenvalue weighted by atomic mass is 19.4. The fraction of sp³-hybridized carbons (Fsp3) is 0.300. The molecule has 31 heavy (non-hydrogen) atoms. The molecule has 11 heteroatoms. The van der Waals surface area contributed by atoms with E-state index < -0.39 is 12.1 Å². The molecule has 164 valence electrons. The first-order valence-electron chi connectivity index (χ1n) is 9.22. The van der Waals surface area contributed by atoms with Gasteiger partial charge in [-0.1, -0.05) is 18.2 Å². The number of imidazole rings is 1. The third-order valence-electron chi connectivity index (χ3n) is 4.84. The zero-order chi connectivity index (χ0) is 22.8. The fourth-order valence-corrected chi connectivity index (χ4v) is 3.28. The lowest BCUT2D eigenvalue weighted by molar-refractivity contribution is -0.192. The van der Waals surface area contributed by atoms with E-state index in [9.17, 15) is 18.0 Å². The summed E-state index contributed by atoms with van der Waals surface area (Å²) in [6.07, 6.45) is 0.385. The van der Waals surface area contributed by atoms with E-state index in [4.69, 9.17) is 9.90 Å². The third kappa shape index (κ3) is 4.93. The number of aryl methyl sites for hydroxylation is 2. The molecule has 1 aliphatic heterocycles. The van der Waals surface area contributed by atoms with E-state index in [0.29, 0.717) is 19.6 Å². The number of benzene rings is 1. The Hall–Kier alpha value is -3.63. The van der Waals surface area contributed by atoms with Gasteiger partial charge in [-0.05, 0) is 18.6 Å². The van der Waals surface area contributed by atoms with Crippen LogP contribution < -0.4 is 0 Å². The Balaban J connectivity index is 0.000000339. The second kappa shape index (κ2) is 8.62. The predicted molar refractivity (Wildman–Crippen MR) is 103 cm³/mol. The summed E-state index contributed by atoms with van der Waals surface area (Å²) in [7, 11) is 1.94. The summed E-state index contributed by atoms with van der Waals surface area (Å²) < 4.78 is 35.6. The van der Waals surface area contributed by atoms with Crippen LogP contribution in [0, 0.1) is 6.92 Å². The number of nitrogens with zero attached hydrogens (tertiary/aromatic N) is 5. The molecule has 0 spiro atoms. The summed E-state index contributed by atoms with van der Waals surface area (Å²) in [5.74, 6) is -2.68. The maximum absolute atomic E-state index is 12.9. The van der Waals surface area contributed by atoms with Crippen molar-refractivity contribution in [2.45, 2.75) is 32.7 Å². The van der Waals surface area contributed by atoms with Gasteiger partial charge in [0, 0.05) is 30.6 Å². The van der Waals surface area contributed by atoms with E-state index in [2.05, 4.69) is 10.1 Å². The van der Waals surface area contributed by atoms with E-state index in [0.717, 1.165) is 28.1 Å². The molecule has 0 radical (unpaired) electrons. The molecule has 4 rings (SSSR count). The Morgan fingerprint density at radius 2 is 1.87 bits per heavy atom. The molecule has 0 saturated heterocycles. The molecule has 0 fully saturated rings. The predicted octanol–water partition coefficient (Wildman–Crippen LogP) is 2.76. The van der Waals surface area contributed by atoms with Gasteiger partial charge in [0.2, 0.25) is 0 Å². The average Bonchev–Trinajstić information content (AvgIpc) is 3.41. The summed E-state index contributed by atoms with van der Waals surface area (Å²) in [5.41, 5.74) is 5.07. The van der Waals surface area contributed by atoms with Crippen molar-refractivity contribution < 1.29 is 27.9 Å². The minimum Gasteiger partial charge on any atom is -0.475 e. The monoisotopic (exact) mass is 435 g/mol. The van der Waals surface area contributed by atoms with E-state index in [1.807, 2.05) is 58.6 Å². The molecule has 0 saturated carbocycles. The summed E-state index contributed by atoms with van der Waals surface area (Å²) in [4.78, 5) is 27.7. The Morgan fingerprint density at radius 1 is 1.19 bits per heavy atom. The molecule has 2 aromatic heterocycles. The lowest BCUT2D eigenvalue weighted by Crippen LogP contribution is -2.27. The van der Waals surface area contributed by atoms with Crippen LogP contribution in [0.1, 0.15) is 32.9 Å². The molecular weight excluding hydrogens is 415 g/mol. The topological polar surface area (TPSA) is 93.3 Å². The third-order valence-corrected chi connectivity index (χ3v) is 4.84. The standard InChI is InChI=1S/C18H19N5O.C2HF3O2/c1-13-5-3-4-6-14(13)18(24)23-9-15-16(10-22-8-7-19-12-22)20-21(2)17(15)11-23;3-2(4,5)1(6)7/h3-8,12H,9-11H2,1-2H3;(H,6,7). The Morgan fingerprint density at radius 3 is 2.45 bits per heavy atom. The first-order valence-corrected chi connectivity index (χ1v) is 9.22. The van der Waals surface area contributed by atoms with Gasteiger partial charge >= 0.3 is 12.1 Å². The summed E-state index contributed by atoms with van der Waals surface area (Å²) in [6.45, 7) is 3.87. The van der Waals surface area contributed by atoms with Gasteiger partial charge in [-0.2, -0.15) is 18.3 Å². The van der Waals surface area contributed by atoms with Gasteiger partial charge in [0.05, 0.1) is 37.3 Å². The SMILES string of the molecule is Cc1ccccc1C(=O)N1Cc2c(Cn3ccnc3)nn(C)c2C1.O=C(O)C(F)(F)F. The van der Waals surface area contributed by atoms with Crippen molar-refractivity contribution in [2.75, 3.05) is 0 Å². The number of aliphatic carboxylic acids is 1. The normalized spacial score (nSPS) is 12.9. The number of carbonyl (C=O) groups excluding carboxylic acids is 1. The van der Waals surface area contributed by atoms with Gasteiger partial charge in [0.1, 0.15) is 0 Å². The van der Waals surface area contributed by atoms with Crippen molar-refractivity contribution in [1.29, 1.82) is 0 Å². The lowest BCUT2D eigenvalue weighted by atomic mass is 10.1. The van der Waals surface area contributed by atoms with Crippen LogP contribution in [0.2, 0.25) is 0 Å². The Bertz CT molecular complexity index is 1090. The number of rotatable bonds is 3. The number of alkyl halides is 3. The van der Waals surface area contributed by atoms with E-state index >= 15 is 0 Å². The van der Waals surface area contributed by atoms with Crippen LogP contribution in [0.5, 0.6) is 0 Å². The van der Waals surface area contributed by atoms with Crippen LogP contribution in [0.4, 0.5) is 13.2 Å². The minimum absolute atomic E-state index is 0.0814. The highest BCUT2D eigenvalue weighted by molar-refractivity contribution is 5.95.